The number of aliphatic carboxylic acids is 1. The Balaban J connectivity index is 2.71. The van der Waals surface area contributed by atoms with E-state index in [0.29, 0.717) is 12.1 Å². The molecule has 104 valence electrons. The highest BCUT2D eigenvalue weighted by Crippen LogP contribution is 2.22. The maximum atomic E-state index is 12.1. The van der Waals surface area contributed by atoms with E-state index in [1.807, 2.05) is 12.1 Å². The maximum Gasteiger partial charge on any atom is 0.303 e. The van der Waals surface area contributed by atoms with Gasteiger partial charge < -0.3 is 10.4 Å². The minimum Gasteiger partial charge on any atom is -0.481 e. The van der Waals surface area contributed by atoms with Gasteiger partial charge in [-0.05, 0) is 85.8 Å². The van der Waals surface area contributed by atoms with E-state index in [4.69, 9.17) is 5.11 Å². The second kappa shape index (κ2) is 7.96. The van der Waals surface area contributed by atoms with Crippen molar-refractivity contribution in [3.63, 3.8) is 0 Å². The fourth-order valence-electron chi connectivity index (χ4n) is 1.45. The summed E-state index contributed by atoms with van der Waals surface area (Å²) in [6, 6.07) is 3.84. The number of hydrogen-bond acceptors (Lipinski definition) is 2. The lowest BCUT2D eigenvalue weighted by molar-refractivity contribution is -0.137. The molecule has 0 spiro atoms. The third-order valence-electron chi connectivity index (χ3n) is 2.37. The Morgan fingerprint density at radius 1 is 1.32 bits per heavy atom. The van der Waals surface area contributed by atoms with E-state index < -0.39 is 5.97 Å². The number of carbonyl (C=O) groups excluding carboxylic acids is 1. The smallest absolute Gasteiger partial charge is 0.303 e. The highest BCUT2D eigenvalue weighted by atomic mass is 127. The summed E-state index contributed by atoms with van der Waals surface area (Å²) in [6.45, 7) is 2.17. The summed E-state index contributed by atoms with van der Waals surface area (Å²) in [6.07, 6.45) is 0.0568. The van der Waals surface area contributed by atoms with Crippen LogP contribution >= 0.6 is 67.8 Å². The van der Waals surface area contributed by atoms with Crippen LogP contribution in [0.4, 0.5) is 0 Å². The molecule has 0 aliphatic rings. The normalized spacial score (nSPS) is 12.0. The molecule has 0 saturated carbocycles. The summed E-state index contributed by atoms with van der Waals surface area (Å²) in [5.74, 6) is -1.08. The Kier molecular flexibility index (Phi) is 7.29. The zero-order valence-corrected chi connectivity index (χ0v) is 16.5. The summed E-state index contributed by atoms with van der Waals surface area (Å²) in [5.41, 5.74) is 0.638. The van der Waals surface area contributed by atoms with Crippen molar-refractivity contribution in [3.05, 3.63) is 28.4 Å². The van der Waals surface area contributed by atoms with Crippen LogP contribution in [-0.4, -0.2) is 23.5 Å². The highest BCUT2D eigenvalue weighted by Gasteiger charge is 2.15. The Morgan fingerprint density at radius 2 is 1.95 bits per heavy atom. The Labute approximate surface area is 152 Å². The number of carbonyl (C=O) groups is 2. The van der Waals surface area contributed by atoms with Crippen LogP contribution in [0.2, 0.25) is 0 Å². The zero-order chi connectivity index (χ0) is 14.6. The van der Waals surface area contributed by atoms with Crippen LogP contribution in [-0.2, 0) is 4.79 Å². The second-order valence-electron chi connectivity index (χ2n) is 4.16. The third-order valence-corrected chi connectivity index (χ3v) is 6.04. The number of rotatable bonds is 5. The summed E-state index contributed by atoms with van der Waals surface area (Å²) in [5, 5.41) is 11.5. The van der Waals surface area contributed by atoms with Crippen molar-refractivity contribution in [2.45, 2.75) is 13.3 Å². The van der Waals surface area contributed by atoms with E-state index in [1.54, 1.807) is 6.92 Å². The van der Waals surface area contributed by atoms with Crippen molar-refractivity contribution in [2.24, 2.45) is 5.92 Å². The van der Waals surface area contributed by atoms with E-state index in [1.165, 1.54) is 0 Å². The van der Waals surface area contributed by atoms with Crippen LogP contribution in [0.3, 0.4) is 0 Å². The molecule has 0 aromatic heterocycles. The van der Waals surface area contributed by atoms with Crippen LogP contribution < -0.4 is 5.32 Å². The standard InChI is InChI=1S/C12H12I3NO3/c1-6(2-10(17)18)5-16-12(19)8-3-7(13)4-9(14)11(8)15/h3-4,6H,2,5H2,1H3,(H,16,19)(H,17,18). The topological polar surface area (TPSA) is 66.4 Å². The molecule has 7 heteroatoms. The molecular weight excluding hydrogens is 587 g/mol. The van der Waals surface area contributed by atoms with Gasteiger partial charge in [0.1, 0.15) is 0 Å². The van der Waals surface area contributed by atoms with Crippen LogP contribution in [0.25, 0.3) is 0 Å². The van der Waals surface area contributed by atoms with E-state index >= 15 is 0 Å². The Bertz CT molecular complexity index is 505. The van der Waals surface area contributed by atoms with Crippen molar-refractivity contribution < 1.29 is 14.7 Å². The summed E-state index contributed by atoms with van der Waals surface area (Å²) in [7, 11) is 0. The molecule has 1 aromatic rings. The van der Waals surface area contributed by atoms with Crippen LogP contribution in [0, 0.1) is 16.6 Å². The summed E-state index contributed by atoms with van der Waals surface area (Å²) in [4.78, 5) is 22.6. The predicted molar refractivity (Wildman–Crippen MR) is 98.3 cm³/mol. The molecule has 0 bridgehead atoms. The SMILES string of the molecule is CC(CNC(=O)c1cc(I)cc(I)c1I)CC(=O)O. The van der Waals surface area contributed by atoms with Gasteiger partial charge in [-0.2, -0.15) is 0 Å². The number of benzene rings is 1. The molecule has 0 fully saturated rings. The monoisotopic (exact) mass is 599 g/mol. The lowest BCUT2D eigenvalue weighted by Gasteiger charge is -2.12. The molecule has 1 unspecified atom stereocenters. The number of carboxylic acids is 1. The van der Waals surface area contributed by atoms with Gasteiger partial charge in [0, 0.05) is 23.7 Å². The lowest BCUT2D eigenvalue weighted by atomic mass is 10.1. The van der Waals surface area contributed by atoms with Gasteiger partial charge in [-0.1, -0.05) is 6.92 Å². The average molecular weight is 599 g/mol. The molecule has 4 nitrogen and oxygen atoms in total. The molecule has 0 heterocycles. The minimum absolute atomic E-state index is 0.0568. The van der Waals surface area contributed by atoms with Gasteiger partial charge in [-0.25, -0.2) is 0 Å². The second-order valence-corrected chi connectivity index (χ2v) is 7.65. The van der Waals surface area contributed by atoms with Crippen LogP contribution in [0.15, 0.2) is 12.1 Å². The van der Waals surface area contributed by atoms with Crippen molar-refractivity contribution in [3.8, 4) is 0 Å². The van der Waals surface area contributed by atoms with Crippen LogP contribution in [0.5, 0.6) is 0 Å². The van der Waals surface area contributed by atoms with E-state index in [9.17, 15) is 9.59 Å². The van der Waals surface area contributed by atoms with Crippen molar-refractivity contribution in [1.29, 1.82) is 0 Å². The first kappa shape index (κ1) is 17.4. The van der Waals surface area contributed by atoms with Gasteiger partial charge in [-0.15, -0.1) is 0 Å². The fourth-order valence-corrected chi connectivity index (χ4v) is 3.85. The third kappa shape index (κ3) is 5.69. The summed E-state index contributed by atoms with van der Waals surface area (Å²) >= 11 is 6.52. The van der Waals surface area contributed by atoms with E-state index in [2.05, 4.69) is 73.1 Å². The quantitative estimate of drug-likeness (QED) is 0.404. The van der Waals surface area contributed by atoms with E-state index in [0.717, 1.165) is 10.7 Å². The molecule has 1 amide bonds. The van der Waals surface area contributed by atoms with Crippen molar-refractivity contribution in [1.82, 2.24) is 5.32 Å². The van der Waals surface area contributed by atoms with E-state index in [-0.39, 0.29) is 18.2 Å². The zero-order valence-electron chi connectivity index (χ0n) is 10.0. The minimum atomic E-state index is -0.847. The molecule has 1 rings (SSSR count). The van der Waals surface area contributed by atoms with Gasteiger partial charge in [-0.3, -0.25) is 9.59 Å². The van der Waals surface area contributed by atoms with Crippen LogP contribution in [0.1, 0.15) is 23.7 Å². The van der Waals surface area contributed by atoms with Crippen molar-refractivity contribution in [2.75, 3.05) is 6.54 Å². The van der Waals surface area contributed by atoms with Gasteiger partial charge in [0.25, 0.3) is 5.91 Å². The predicted octanol–water partition coefficient (Wildman–Crippen LogP) is 3.34. The largest absolute Gasteiger partial charge is 0.481 e. The summed E-state index contributed by atoms with van der Waals surface area (Å²) < 4.78 is 2.96. The van der Waals surface area contributed by atoms with Crippen molar-refractivity contribution >= 4 is 79.6 Å². The first-order valence-corrected chi connectivity index (χ1v) is 8.69. The molecule has 1 atom stereocenters. The number of amides is 1. The number of nitrogens with one attached hydrogen (secondary N) is 1. The molecule has 0 aliphatic carbocycles. The molecule has 0 saturated heterocycles. The number of halogens is 3. The molecule has 1 aromatic carbocycles. The molecule has 0 radical (unpaired) electrons. The lowest BCUT2D eigenvalue weighted by Crippen LogP contribution is -2.30. The van der Waals surface area contributed by atoms with Gasteiger partial charge in [0.05, 0.1) is 5.56 Å². The Hall–Kier alpha value is 0.350. The molecule has 0 aliphatic heterocycles. The first-order chi connectivity index (χ1) is 8.81. The molecule has 19 heavy (non-hydrogen) atoms. The Morgan fingerprint density at radius 3 is 2.53 bits per heavy atom. The van der Waals surface area contributed by atoms with Gasteiger partial charge in [0.15, 0.2) is 0 Å². The molecule has 2 N–H and O–H groups in total. The molecular formula is C12H12I3NO3. The first-order valence-electron chi connectivity index (χ1n) is 5.45. The average Bonchev–Trinajstić information content (AvgIpc) is 2.29. The van der Waals surface area contributed by atoms with Gasteiger partial charge >= 0.3 is 5.97 Å². The highest BCUT2D eigenvalue weighted by molar-refractivity contribution is 14.1. The fraction of sp³-hybridized carbons (Fsp3) is 0.333. The van der Waals surface area contributed by atoms with Gasteiger partial charge in [0.2, 0.25) is 0 Å². The number of carboxylic acid groups (broad SMARTS) is 1. The number of hydrogen-bond donors (Lipinski definition) is 2. The maximum absolute atomic E-state index is 12.1.